The van der Waals surface area contributed by atoms with Crippen molar-refractivity contribution in [1.82, 2.24) is 9.88 Å². The van der Waals surface area contributed by atoms with Crippen molar-refractivity contribution >= 4 is 45.7 Å². The molecule has 1 aromatic heterocycles. The topological polar surface area (TPSA) is 77.0 Å². The average molecular weight is 513 g/mol. The van der Waals surface area contributed by atoms with Gasteiger partial charge in [-0.3, -0.25) is 14.6 Å². The number of fused-ring (bicyclic) bond motifs is 5. The highest BCUT2D eigenvalue weighted by Crippen LogP contribution is 2.47. The zero-order chi connectivity index (χ0) is 26.0. The lowest BCUT2D eigenvalue weighted by Gasteiger charge is -2.50. The summed E-state index contributed by atoms with van der Waals surface area (Å²) in [6, 6.07) is 4.17. The van der Waals surface area contributed by atoms with Crippen molar-refractivity contribution in [2.75, 3.05) is 29.9 Å². The number of rotatable bonds is 2. The van der Waals surface area contributed by atoms with E-state index in [1.165, 1.54) is 29.3 Å². The number of halogens is 3. The highest BCUT2D eigenvalue weighted by Gasteiger charge is 2.45. The summed E-state index contributed by atoms with van der Waals surface area (Å²) in [5.74, 6) is -2.63. The number of phenolic OH excluding ortho intramolecular Hbond substituents is 1. The van der Waals surface area contributed by atoms with E-state index in [9.17, 15) is 19.1 Å². The SMILES string of the molecule is C=C(C)C(=O)N1CC2C(=O)N(C)c3cnc4c(F)c(-c5c(O)cccc5F)c(Cl)cc4c3N2CC1C. The van der Waals surface area contributed by atoms with E-state index in [-0.39, 0.29) is 46.1 Å². The van der Waals surface area contributed by atoms with Crippen LogP contribution in [0.25, 0.3) is 22.0 Å². The Hall–Kier alpha value is -3.72. The van der Waals surface area contributed by atoms with Gasteiger partial charge in [0.25, 0.3) is 5.91 Å². The van der Waals surface area contributed by atoms with Crippen molar-refractivity contribution in [2.24, 2.45) is 0 Å². The van der Waals surface area contributed by atoms with Crippen LogP contribution >= 0.6 is 11.6 Å². The Labute approximate surface area is 211 Å². The Kier molecular flexibility index (Phi) is 5.63. The Morgan fingerprint density at radius 2 is 1.97 bits per heavy atom. The number of carbonyl (C=O) groups excluding carboxylic acids is 2. The van der Waals surface area contributed by atoms with Crippen molar-refractivity contribution < 1.29 is 23.5 Å². The molecule has 1 N–H and O–H groups in total. The largest absolute Gasteiger partial charge is 0.507 e. The molecule has 0 spiro atoms. The molecule has 2 atom stereocenters. The maximum atomic E-state index is 15.9. The molecule has 3 heterocycles. The fourth-order valence-corrected chi connectivity index (χ4v) is 5.37. The number of phenols is 1. The number of amides is 2. The molecule has 36 heavy (non-hydrogen) atoms. The number of likely N-dealkylation sites (N-methyl/N-ethyl adjacent to an activating group) is 1. The van der Waals surface area contributed by atoms with Gasteiger partial charge in [0.05, 0.1) is 34.7 Å². The second-order valence-corrected chi connectivity index (χ2v) is 9.63. The van der Waals surface area contributed by atoms with Crippen LogP contribution in [0, 0.1) is 11.6 Å². The number of nitrogens with zero attached hydrogens (tertiary/aromatic N) is 4. The molecule has 0 bridgehead atoms. The van der Waals surface area contributed by atoms with E-state index in [2.05, 4.69) is 11.6 Å². The normalized spacial score (nSPS) is 19.4. The van der Waals surface area contributed by atoms with E-state index in [0.717, 1.165) is 6.07 Å². The van der Waals surface area contributed by atoms with E-state index in [4.69, 9.17) is 11.6 Å². The first kappa shape index (κ1) is 24.0. The van der Waals surface area contributed by atoms with E-state index in [1.807, 2.05) is 11.8 Å². The maximum absolute atomic E-state index is 15.9. The smallest absolute Gasteiger partial charge is 0.251 e. The van der Waals surface area contributed by atoms with Crippen LogP contribution in [-0.4, -0.2) is 59.0 Å². The third kappa shape index (κ3) is 3.41. The molecule has 2 aliphatic heterocycles. The molecule has 1 fully saturated rings. The molecule has 3 aromatic rings. The van der Waals surface area contributed by atoms with Crippen molar-refractivity contribution in [3.8, 4) is 16.9 Å². The first-order valence-electron chi connectivity index (χ1n) is 11.3. The minimum Gasteiger partial charge on any atom is -0.507 e. The van der Waals surface area contributed by atoms with Crippen LogP contribution in [-0.2, 0) is 9.59 Å². The molecule has 0 saturated carbocycles. The van der Waals surface area contributed by atoms with Crippen LogP contribution in [0.2, 0.25) is 5.02 Å². The fraction of sp³-hybridized carbons (Fsp3) is 0.269. The summed E-state index contributed by atoms with van der Waals surface area (Å²) < 4.78 is 30.5. The van der Waals surface area contributed by atoms with Crippen LogP contribution in [0.4, 0.5) is 20.2 Å². The van der Waals surface area contributed by atoms with Crippen LogP contribution in [0.5, 0.6) is 5.75 Å². The summed E-state index contributed by atoms with van der Waals surface area (Å²) in [4.78, 5) is 35.1. The monoisotopic (exact) mass is 512 g/mol. The number of piperazine rings is 1. The molecule has 2 amide bonds. The minimum atomic E-state index is -0.888. The lowest BCUT2D eigenvalue weighted by atomic mass is 9.96. The molecule has 2 aromatic carbocycles. The van der Waals surface area contributed by atoms with Crippen LogP contribution < -0.4 is 9.80 Å². The van der Waals surface area contributed by atoms with Gasteiger partial charge in [-0.25, -0.2) is 8.78 Å². The van der Waals surface area contributed by atoms with Crippen molar-refractivity contribution in [1.29, 1.82) is 0 Å². The molecule has 2 unspecified atom stereocenters. The summed E-state index contributed by atoms with van der Waals surface area (Å²) in [5, 5.41) is 10.5. The van der Waals surface area contributed by atoms with E-state index in [0.29, 0.717) is 28.9 Å². The van der Waals surface area contributed by atoms with Gasteiger partial charge in [-0.2, -0.15) is 0 Å². The van der Waals surface area contributed by atoms with Gasteiger partial charge in [0.2, 0.25) is 5.91 Å². The van der Waals surface area contributed by atoms with Crippen LogP contribution in [0.1, 0.15) is 13.8 Å². The fourth-order valence-electron chi connectivity index (χ4n) is 5.08. The van der Waals surface area contributed by atoms with Crippen molar-refractivity contribution in [2.45, 2.75) is 25.9 Å². The molecular formula is C26H23ClF2N4O3. The zero-order valence-corrected chi connectivity index (χ0v) is 20.6. The predicted molar refractivity (Wildman–Crippen MR) is 134 cm³/mol. The predicted octanol–water partition coefficient (Wildman–Crippen LogP) is 4.50. The lowest BCUT2D eigenvalue weighted by Crippen LogP contribution is -2.65. The summed E-state index contributed by atoms with van der Waals surface area (Å²) in [6.45, 7) is 7.68. The molecule has 1 saturated heterocycles. The molecule has 10 heteroatoms. The number of hydrogen-bond acceptors (Lipinski definition) is 5. The highest BCUT2D eigenvalue weighted by molar-refractivity contribution is 6.34. The Morgan fingerprint density at radius 3 is 2.64 bits per heavy atom. The van der Waals surface area contributed by atoms with Gasteiger partial charge in [0, 0.05) is 36.2 Å². The summed E-state index contributed by atoms with van der Waals surface area (Å²) in [5.41, 5.74) is 0.658. The maximum Gasteiger partial charge on any atom is 0.251 e. The summed E-state index contributed by atoms with van der Waals surface area (Å²) >= 11 is 6.49. The number of pyridine rings is 1. The average Bonchev–Trinajstić information content (AvgIpc) is 2.83. The van der Waals surface area contributed by atoms with Crippen LogP contribution in [0.3, 0.4) is 0 Å². The lowest BCUT2D eigenvalue weighted by molar-refractivity contribution is -0.131. The number of anilines is 2. The molecule has 7 nitrogen and oxygen atoms in total. The Balaban J connectivity index is 1.72. The third-order valence-corrected chi connectivity index (χ3v) is 7.17. The first-order chi connectivity index (χ1) is 17.0. The quantitative estimate of drug-likeness (QED) is 0.512. The van der Waals surface area contributed by atoms with Crippen LogP contribution in [0.15, 0.2) is 42.6 Å². The van der Waals surface area contributed by atoms with Gasteiger partial charge in [-0.05, 0) is 32.0 Å². The molecule has 5 rings (SSSR count). The summed E-state index contributed by atoms with van der Waals surface area (Å²) in [6.07, 6.45) is 1.39. The van der Waals surface area contributed by atoms with Gasteiger partial charge in [0.1, 0.15) is 23.1 Å². The third-order valence-electron chi connectivity index (χ3n) is 6.88. The standard InChI is InChI=1S/C26H23ClF2N4O3/c1-12(2)25(35)32-11-18-26(36)31(4)17-9-30-23-14(24(17)33(18)10-13(32)3)8-15(27)20(22(23)29)21-16(28)6-5-7-19(21)34/h5-9,13,18,34H,1,10-11H2,2-4H3. The van der Waals surface area contributed by atoms with Gasteiger partial charge in [-0.15, -0.1) is 0 Å². The Bertz CT molecular complexity index is 1460. The second kappa shape index (κ2) is 8.44. The van der Waals surface area contributed by atoms with Crippen molar-refractivity contribution in [3.05, 3.63) is 59.3 Å². The van der Waals surface area contributed by atoms with E-state index < -0.39 is 23.4 Å². The number of hydrogen-bond donors (Lipinski definition) is 1. The van der Waals surface area contributed by atoms with E-state index in [1.54, 1.807) is 18.9 Å². The van der Waals surface area contributed by atoms with Gasteiger partial charge in [-0.1, -0.05) is 24.2 Å². The molecule has 186 valence electrons. The van der Waals surface area contributed by atoms with Crippen molar-refractivity contribution in [3.63, 3.8) is 0 Å². The van der Waals surface area contributed by atoms with Gasteiger partial charge < -0.3 is 19.8 Å². The van der Waals surface area contributed by atoms with E-state index >= 15 is 4.39 Å². The minimum absolute atomic E-state index is 0.0783. The zero-order valence-electron chi connectivity index (χ0n) is 19.8. The van der Waals surface area contributed by atoms with Gasteiger partial charge >= 0.3 is 0 Å². The number of aromatic hydroxyl groups is 1. The highest BCUT2D eigenvalue weighted by atomic mass is 35.5. The Morgan fingerprint density at radius 1 is 1.25 bits per heavy atom. The molecule has 0 radical (unpaired) electrons. The number of carbonyl (C=O) groups is 2. The number of benzene rings is 2. The first-order valence-corrected chi connectivity index (χ1v) is 11.7. The molecular weight excluding hydrogens is 490 g/mol. The molecule has 2 aliphatic rings. The van der Waals surface area contributed by atoms with Gasteiger partial charge in [0.15, 0.2) is 5.82 Å². The number of aromatic nitrogens is 1. The molecule has 0 aliphatic carbocycles. The summed E-state index contributed by atoms with van der Waals surface area (Å²) in [7, 11) is 1.60. The second-order valence-electron chi connectivity index (χ2n) is 9.22.